The predicted octanol–water partition coefficient (Wildman–Crippen LogP) is 2.51. The number of nitrogens with one attached hydrogen (secondary N) is 2. The lowest BCUT2D eigenvalue weighted by Crippen LogP contribution is -2.41. The lowest BCUT2D eigenvalue weighted by atomic mass is 10.0. The summed E-state index contributed by atoms with van der Waals surface area (Å²) >= 11 is 0. The van der Waals surface area contributed by atoms with E-state index in [9.17, 15) is 4.79 Å². The molecule has 1 saturated heterocycles. The average Bonchev–Trinajstić information content (AvgIpc) is 2.44. The Morgan fingerprint density at radius 2 is 2.29 bits per heavy atom. The SMILES string of the molecule is CCCNc1cc(C(=O)NC2CCOC(C)C2)cc(C)n1. The van der Waals surface area contributed by atoms with E-state index in [2.05, 4.69) is 22.5 Å². The number of carbonyl (C=O) groups is 1. The molecule has 0 aliphatic carbocycles. The molecule has 0 spiro atoms. The normalized spacial score (nSPS) is 21.9. The van der Waals surface area contributed by atoms with Crippen molar-refractivity contribution in [3.63, 3.8) is 0 Å². The summed E-state index contributed by atoms with van der Waals surface area (Å²) in [5, 5.41) is 6.33. The lowest BCUT2D eigenvalue weighted by molar-refractivity contribution is 0.0136. The van der Waals surface area contributed by atoms with Gasteiger partial charge in [0.05, 0.1) is 6.10 Å². The zero-order valence-corrected chi connectivity index (χ0v) is 13.1. The molecular formula is C16H25N3O2. The molecule has 1 fully saturated rings. The summed E-state index contributed by atoms with van der Waals surface area (Å²) in [5.74, 6) is 0.737. The van der Waals surface area contributed by atoms with Crippen LogP contribution in [0, 0.1) is 6.92 Å². The Balaban J connectivity index is 2.02. The molecular weight excluding hydrogens is 266 g/mol. The van der Waals surface area contributed by atoms with Crippen molar-refractivity contribution in [3.05, 3.63) is 23.4 Å². The van der Waals surface area contributed by atoms with Crippen molar-refractivity contribution in [2.45, 2.75) is 52.2 Å². The highest BCUT2D eigenvalue weighted by atomic mass is 16.5. The van der Waals surface area contributed by atoms with Crippen LogP contribution >= 0.6 is 0 Å². The number of pyridine rings is 1. The van der Waals surface area contributed by atoms with E-state index < -0.39 is 0 Å². The maximum Gasteiger partial charge on any atom is 0.251 e. The topological polar surface area (TPSA) is 63.2 Å². The van der Waals surface area contributed by atoms with Crippen LogP contribution in [0.5, 0.6) is 0 Å². The van der Waals surface area contributed by atoms with Gasteiger partial charge in [-0.05, 0) is 45.2 Å². The Bertz CT molecular complexity index is 490. The number of aryl methyl sites for hydroxylation is 1. The molecule has 2 unspecified atom stereocenters. The molecule has 0 bridgehead atoms. The van der Waals surface area contributed by atoms with Crippen molar-refractivity contribution in [1.29, 1.82) is 0 Å². The van der Waals surface area contributed by atoms with Gasteiger partial charge in [0.1, 0.15) is 5.82 Å². The number of hydrogen-bond donors (Lipinski definition) is 2. The van der Waals surface area contributed by atoms with Crippen molar-refractivity contribution in [2.24, 2.45) is 0 Å². The molecule has 2 heterocycles. The van der Waals surface area contributed by atoms with Crippen LogP contribution in [0.2, 0.25) is 0 Å². The largest absolute Gasteiger partial charge is 0.378 e. The van der Waals surface area contributed by atoms with Crippen molar-refractivity contribution in [1.82, 2.24) is 10.3 Å². The van der Waals surface area contributed by atoms with Gasteiger partial charge in [-0.3, -0.25) is 4.79 Å². The molecule has 0 saturated carbocycles. The molecule has 0 aromatic carbocycles. The molecule has 1 aromatic rings. The summed E-state index contributed by atoms with van der Waals surface area (Å²) in [6.45, 7) is 7.62. The Hall–Kier alpha value is -1.62. The zero-order chi connectivity index (χ0) is 15.2. The maximum absolute atomic E-state index is 12.4. The summed E-state index contributed by atoms with van der Waals surface area (Å²) in [4.78, 5) is 16.8. The van der Waals surface area contributed by atoms with Gasteiger partial charge in [0.25, 0.3) is 5.91 Å². The van der Waals surface area contributed by atoms with Gasteiger partial charge in [-0.15, -0.1) is 0 Å². The average molecular weight is 291 g/mol. The molecule has 116 valence electrons. The van der Waals surface area contributed by atoms with E-state index in [1.54, 1.807) is 0 Å². The smallest absolute Gasteiger partial charge is 0.251 e. The maximum atomic E-state index is 12.4. The van der Waals surface area contributed by atoms with E-state index in [0.717, 1.165) is 37.3 Å². The zero-order valence-electron chi connectivity index (χ0n) is 13.1. The van der Waals surface area contributed by atoms with E-state index in [1.807, 2.05) is 26.0 Å². The predicted molar refractivity (Wildman–Crippen MR) is 83.7 cm³/mol. The number of hydrogen-bond acceptors (Lipinski definition) is 4. The molecule has 5 heteroatoms. The number of ether oxygens (including phenoxy) is 1. The van der Waals surface area contributed by atoms with Crippen LogP contribution in [0.1, 0.15) is 49.2 Å². The Kier molecular flexibility index (Phi) is 5.56. The van der Waals surface area contributed by atoms with E-state index in [1.165, 1.54) is 0 Å². The first-order valence-corrected chi connectivity index (χ1v) is 7.73. The third-order valence-corrected chi connectivity index (χ3v) is 3.59. The van der Waals surface area contributed by atoms with Crippen LogP contribution in [0.4, 0.5) is 5.82 Å². The van der Waals surface area contributed by atoms with Crippen LogP contribution in [0.15, 0.2) is 12.1 Å². The Morgan fingerprint density at radius 3 is 3.00 bits per heavy atom. The fourth-order valence-corrected chi connectivity index (χ4v) is 2.54. The molecule has 5 nitrogen and oxygen atoms in total. The van der Waals surface area contributed by atoms with Gasteiger partial charge in [0.15, 0.2) is 0 Å². The second kappa shape index (κ2) is 7.41. The molecule has 1 amide bonds. The summed E-state index contributed by atoms with van der Waals surface area (Å²) in [6.07, 6.45) is 2.99. The molecule has 21 heavy (non-hydrogen) atoms. The van der Waals surface area contributed by atoms with Gasteiger partial charge >= 0.3 is 0 Å². The summed E-state index contributed by atoms with van der Waals surface area (Å²) in [5.41, 5.74) is 1.52. The number of amides is 1. The summed E-state index contributed by atoms with van der Waals surface area (Å²) in [7, 11) is 0. The molecule has 2 atom stereocenters. The number of rotatable bonds is 5. The second-order valence-corrected chi connectivity index (χ2v) is 5.69. The van der Waals surface area contributed by atoms with Crippen LogP contribution in [0.25, 0.3) is 0 Å². The van der Waals surface area contributed by atoms with Crippen LogP contribution in [-0.2, 0) is 4.74 Å². The minimum atomic E-state index is -0.0286. The fraction of sp³-hybridized carbons (Fsp3) is 0.625. The van der Waals surface area contributed by atoms with Crippen molar-refractivity contribution in [3.8, 4) is 0 Å². The summed E-state index contributed by atoms with van der Waals surface area (Å²) < 4.78 is 5.51. The highest BCUT2D eigenvalue weighted by Crippen LogP contribution is 2.15. The quantitative estimate of drug-likeness (QED) is 0.875. The number of aromatic nitrogens is 1. The Morgan fingerprint density at radius 1 is 1.48 bits per heavy atom. The molecule has 2 N–H and O–H groups in total. The van der Waals surface area contributed by atoms with Crippen molar-refractivity contribution < 1.29 is 9.53 Å². The number of anilines is 1. The molecule has 1 aliphatic heterocycles. The van der Waals surface area contributed by atoms with E-state index >= 15 is 0 Å². The first-order valence-electron chi connectivity index (χ1n) is 7.73. The van der Waals surface area contributed by atoms with E-state index in [-0.39, 0.29) is 18.1 Å². The van der Waals surface area contributed by atoms with Crippen LogP contribution in [0.3, 0.4) is 0 Å². The molecule has 1 aromatic heterocycles. The van der Waals surface area contributed by atoms with Crippen LogP contribution < -0.4 is 10.6 Å². The highest BCUT2D eigenvalue weighted by Gasteiger charge is 2.21. The standard InChI is InChI=1S/C16H25N3O2/c1-4-6-17-15-10-13(8-11(2)18-15)16(20)19-14-5-7-21-12(3)9-14/h8,10,12,14H,4-7,9H2,1-3H3,(H,17,18)(H,19,20). The first kappa shape index (κ1) is 15.8. The van der Waals surface area contributed by atoms with E-state index in [0.29, 0.717) is 12.2 Å². The molecule has 2 rings (SSSR count). The number of carbonyl (C=O) groups excluding carboxylic acids is 1. The van der Waals surface area contributed by atoms with Gasteiger partial charge in [0, 0.05) is 30.5 Å². The third-order valence-electron chi connectivity index (χ3n) is 3.59. The molecule has 1 aliphatic rings. The highest BCUT2D eigenvalue weighted by molar-refractivity contribution is 5.95. The monoisotopic (exact) mass is 291 g/mol. The first-order chi connectivity index (χ1) is 10.1. The van der Waals surface area contributed by atoms with Gasteiger partial charge in [0.2, 0.25) is 0 Å². The van der Waals surface area contributed by atoms with Gasteiger partial charge < -0.3 is 15.4 Å². The van der Waals surface area contributed by atoms with Crippen molar-refractivity contribution in [2.75, 3.05) is 18.5 Å². The van der Waals surface area contributed by atoms with Crippen molar-refractivity contribution >= 4 is 11.7 Å². The minimum Gasteiger partial charge on any atom is -0.378 e. The second-order valence-electron chi connectivity index (χ2n) is 5.69. The molecule has 0 radical (unpaired) electrons. The fourth-order valence-electron chi connectivity index (χ4n) is 2.54. The third kappa shape index (κ3) is 4.70. The van der Waals surface area contributed by atoms with Gasteiger partial charge in [-0.2, -0.15) is 0 Å². The van der Waals surface area contributed by atoms with E-state index in [4.69, 9.17) is 4.74 Å². The summed E-state index contributed by atoms with van der Waals surface area (Å²) in [6, 6.07) is 3.84. The lowest BCUT2D eigenvalue weighted by Gasteiger charge is -2.28. The number of nitrogens with zero attached hydrogens (tertiary/aromatic N) is 1. The minimum absolute atomic E-state index is 0.0286. The Labute approximate surface area is 126 Å². The van der Waals surface area contributed by atoms with Gasteiger partial charge in [-0.1, -0.05) is 6.92 Å². The van der Waals surface area contributed by atoms with Gasteiger partial charge in [-0.25, -0.2) is 4.98 Å². The van der Waals surface area contributed by atoms with Crippen LogP contribution in [-0.4, -0.2) is 36.2 Å².